The molecule has 0 radical (unpaired) electrons. The molecule has 0 spiro atoms. The van der Waals surface area contributed by atoms with Crippen molar-refractivity contribution in [3.63, 3.8) is 0 Å². The predicted octanol–water partition coefficient (Wildman–Crippen LogP) is 2.87. The highest BCUT2D eigenvalue weighted by molar-refractivity contribution is 5.92. The van der Waals surface area contributed by atoms with Crippen LogP contribution in [0, 0.1) is 22.9 Å². The fourth-order valence-electron chi connectivity index (χ4n) is 1.88. The van der Waals surface area contributed by atoms with Crippen LogP contribution in [-0.4, -0.2) is 23.7 Å². The molecule has 7 nitrogen and oxygen atoms in total. The number of nitrogens with one attached hydrogen (secondary N) is 1. The van der Waals surface area contributed by atoms with Gasteiger partial charge in [-0.05, 0) is 30.7 Å². The van der Waals surface area contributed by atoms with E-state index in [9.17, 15) is 24.1 Å². The standard InChI is InChI=1S/C16H13FN2O5/c1-10-2-3-12(7-14(10)17)18-16(21)9-24-15-5-4-13(19(22)23)6-11(15)8-20/h2-8H,9H2,1H3,(H,18,21). The first-order valence-corrected chi connectivity index (χ1v) is 6.83. The average molecular weight is 332 g/mol. The van der Waals surface area contributed by atoms with Gasteiger partial charge in [-0.25, -0.2) is 4.39 Å². The third-order valence-corrected chi connectivity index (χ3v) is 3.15. The number of nitro groups is 1. The van der Waals surface area contributed by atoms with Crippen LogP contribution in [0.5, 0.6) is 5.75 Å². The minimum atomic E-state index is -0.643. The highest BCUT2D eigenvalue weighted by Gasteiger charge is 2.13. The monoisotopic (exact) mass is 332 g/mol. The summed E-state index contributed by atoms with van der Waals surface area (Å²) >= 11 is 0. The summed E-state index contributed by atoms with van der Waals surface area (Å²) in [4.78, 5) is 32.8. The molecule has 0 aromatic heterocycles. The smallest absolute Gasteiger partial charge is 0.270 e. The van der Waals surface area contributed by atoms with E-state index in [1.54, 1.807) is 13.0 Å². The Balaban J connectivity index is 2.02. The number of carbonyl (C=O) groups excluding carboxylic acids is 2. The van der Waals surface area contributed by atoms with Crippen LogP contribution in [0.1, 0.15) is 15.9 Å². The van der Waals surface area contributed by atoms with E-state index in [4.69, 9.17) is 4.74 Å². The van der Waals surface area contributed by atoms with Crippen LogP contribution >= 0.6 is 0 Å². The zero-order valence-electron chi connectivity index (χ0n) is 12.6. The van der Waals surface area contributed by atoms with Gasteiger partial charge >= 0.3 is 0 Å². The number of aldehydes is 1. The van der Waals surface area contributed by atoms with Crippen molar-refractivity contribution in [3.8, 4) is 5.75 Å². The Hall–Kier alpha value is -3.29. The number of carbonyl (C=O) groups is 2. The van der Waals surface area contributed by atoms with Crippen molar-refractivity contribution in [3.05, 3.63) is 63.5 Å². The van der Waals surface area contributed by atoms with E-state index in [-0.39, 0.29) is 22.7 Å². The molecule has 1 amide bonds. The summed E-state index contributed by atoms with van der Waals surface area (Å²) in [5, 5.41) is 13.1. The van der Waals surface area contributed by atoms with Gasteiger partial charge in [0.25, 0.3) is 11.6 Å². The van der Waals surface area contributed by atoms with Gasteiger partial charge in [0, 0.05) is 17.8 Å². The predicted molar refractivity (Wildman–Crippen MR) is 83.7 cm³/mol. The van der Waals surface area contributed by atoms with Crippen LogP contribution in [0.2, 0.25) is 0 Å². The lowest BCUT2D eigenvalue weighted by molar-refractivity contribution is -0.384. The van der Waals surface area contributed by atoms with Crippen LogP contribution in [0.3, 0.4) is 0 Å². The normalized spacial score (nSPS) is 10.1. The second kappa shape index (κ2) is 7.32. The number of rotatable bonds is 6. The maximum atomic E-state index is 13.4. The van der Waals surface area contributed by atoms with Gasteiger partial charge in [-0.1, -0.05) is 6.07 Å². The number of non-ortho nitro benzene ring substituents is 1. The van der Waals surface area contributed by atoms with Crippen LogP contribution in [0.4, 0.5) is 15.8 Å². The third-order valence-electron chi connectivity index (χ3n) is 3.15. The Bertz CT molecular complexity index is 807. The second-order valence-electron chi connectivity index (χ2n) is 4.90. The van der Waals surface area contributed by atoms with Crippen molar-refractivity contribution < 1.29 is 23.6 Å². The molecule has 0 heterocycles. The topological polar surface area (TPSA) is 98.5 Å². The fraction of sp³-hybridized carbons (Fsp3) is 0.125. The first kappa shape index (κ1) is 17.1. The van der Waals surface area contributed by atoms with E-state index in [1.807, 2.05) is 0 Å². The second-order valence-corrected chi connectivity index (χ2v) is 4.90. The van der Waals surface area contributed by atoms with Gasteiger partial charge in [-0.3, -0.25) is 19.7 Å². The number of amides is 1. The number of ether oxygens (including phenoxy) is 1. The maximum absolute atomic E-state index is 13.4. The molecule has 0 bridgehead atoms. The molecule has 2 rings (SSSR count). The molecule has 1 N–H and O–H groups in total. The molecular formula is C16H13FN2O5. The van der Waals surface area contributed by atoms with E-state index < -0.39 is 23.3 Å². The molecule has 124 valence electrons. The Morgan fingerprint density at radius 1 is 1.33 bits per heavy atom. The molecule has 0 aliphatic rings. The Labute approximate surface area is 136 Å². The van der Waals surface area contributed by atoms with Crippen LogP contribution in [-0.2, 0) is 4.79 Å². The van der Waals surface area contributed by atoms with Crippen molar-refractivity contribution in [1.82, 2.24) is 0 Å². The molecule has 2 aromatic carbocycles. The molecule has 0 aliphatic heterocycles. The van der Waals surface area contributed by atoms with Crippen molar-refractivity contribution in [2.24, 2.45) is 0 Å². The largest absolute Gasteiger partial charge is 0.483 e. The molecule has 24 heavy (non-hydrogen) atoms. The molecule has 8 heteroatoms. The molecule has 0 unspecified atom stereocenters. The number of anilines is 1. The van der Waals surface area contributed by atoms with Gasteiger partial charge in [0.15, 0.2) is 12.9 Å². The zero-order valence-corrected chi connectivity index (χ0v) is 12.6. The molecule has 0 aliphatic carbocycles. The van der Waals surface area contributed by atoms with Gasteiger partial charge in [-0.15, -0.1) is 0 Å². The van der Waals surface area contributed by atoms with Gasteiger partial charge in [0.2, 0.25) is 0 Å². The lowest BCUT2D eigenvalue weighted by Crippen LogP contribution is -2.20. The zero-order chi connectivity index (χ0) is 17.7. The number of nitro benzene ring substituents is 1. The Kier molecular flexibility index (Phi) is 5.20. The number of aryl methyl sites for hydroxylation is 1. The minimum Gasteiger partial charge on any atom is -0.483 e. The maximum Gasteiger partial charge on any atom is 0.270 e. The van der Waals surface area contributed by atoms with Crippen LogP contribution in [0.25, 0.3) is 0 Å². The van der Waals surface area contributed by atoms with E-state index in [0.29, 0.717) is 11.8 Å². The average Bonchev–Trinajstić information content (AvgIpc) is 2.56. The number of benzene rings is 2. The van der Waals surface area contributed by atoms with Gasteiger partial charge < -0.3 is 10.1 Å². The Morgan fingerprint density at radius 2 is 2.08 bits per heavy atom. The first-order valence-electron chi connectivity index (χ1n) is 6.83. The van der Waals surface area contributed by atoms with Crippen molar-refractivity contribution in [2.75, 3.05) is 11.9 Å². The third kappa shape index (κ3) is 4.13. The summed E-state index contributed by atoms with van der Waals surface area (Å²) in [5.74, 6) is -0.971. The highest BCUT2D eigenvalue weighted by atomic mass is 19.1. The Morgan fingerprint density at radius 3 is 2.71 bits per heavy atom. The lowest BCUT2D eigenvalue weighted by atomic mass is 10.2. The van der Waals surface area contributed by atoms with Crippen molar-refractivity contribution in [1.29, 1.82) is 0 Å². The van der Waals surface area contributed by atoms with E-state index in [2.05, 4.69) is 5.32 Å². The molecule has 2 aromatic rings. The van der Waals surface area contributed by atoms with Gasteiger partial charge in [-0.2, -0.15) is 0 Å². The highest BCUT2D eigenvalue weighted by Crippen LogP contribution is 2.22. The van der Waals surface area contributed by atoms with E-state index in [1.165, 1.54) is 18.2 Å². The fourth-order valence-corrected chi connectivity index (χ4v) is 1.88. The summed E-state index contributed by atoms with van der Waals surface area (Å²) < 4.78 is 18.6. The summed E-state index contributed by atoms with van der Waals surface area (Å²) in [6, 6.07) is 7.69. The van der Waals surface area contributed by atoms with Crippen molar-refractivity contribution >= 4 is 23.6 Å². The molecule has 0 saturated heterocycles. The first-order chi connectivity index (χ1) is 11.4. The SMILES string of the molecule is Cc1ccc(NC(=O)COc2ccc([N+](=O)[O-])cc2C=O)cc1F. The molecule has 0 saturated carbocycles. The number of nitrogens with zero attached hydrogens (tertiary/aromatic N) is 1. The quantitative estimate of drug-likeness (QED) is 0.498. The van der Waals surface area contributed by atoms with Crippen LogP contribution in [0.15, 0.2) is 36.4 Å². The number of hydrogen-bond donors (Lipinski definition) is 1. The minimum absolute atomic E-state index is 0.0424. The molecular weight excluding hydrogens is 319 g/mol. The van der Waals surface area contributed by atoms with Crippen molar-refractivity contribution in [2.45, 2.75) is 6.92 Å². The number of hydrogen-bond acceptors (Lipinski definition) is 5. The lowest BCUT2D eigenvalue weighted by Gasteiger charge is -2.09. The van der Waals surface area contributed by atoms with E-state index in [0.717, 1.165) is 12.1 Å². The van der Waals surface area contributed by atoms with E-state index >= 15 is 0 Å². The van der Waals surface area contributed by atoms with Gasteiger partial charge in [0.05, 0.1) is 10.5 Å². The summed E-state index contributed by atoms with van der Waals surface area (Å²) in [5.41, 5.74) is 0.416. The van der Waals surface area contributed by atoms with Gasteiger partial charge in [0.1, 0.15) is 11.6 Å². The summed E-state index contributed by atoms with van der Waals surface area (Å²) in [6.07, 6.45) is 0.398. The summed E-state index contributed by atoms with van der Waals surface area (Å²) in [7, 11) is 0. The summed E-state index contributed by atoms with van der Waals surface area (Å²) in [6.45, 7) is 1.16. The van der Waals surface area contributed by atoms with Crippen LogP contribution < -0.4 is 10.1 Å². The number of halogens is 1. The molecule has 0 atom stereocenters. The molecule has 0 fully saturated rings.